The summed E-state index contributed by atoms with van der Waals surface area (Å²) in [5.41, 5.74) is 2.32. The predicted octanol–water partition coefficient (Wildman–Crippen LogP) is 3.02. The Morgan fingerprint density at radius 1 is 1.50 bits per heavy atom. The maximum atomic E-state index is 11.4. The number of hydrogen-bond donors (Lipinski definition) is 0. The van der Waals surface area contributed by atoms with E-state index in [2.05, 4.69) is 13.0 Å². The summed E-state index contributed by atoms with van der Waals surface area (Å²) in [4.78, 5) is 11.4. The van der Waals surface area contributed by atoms with Gasteiger partial charge in [-0.3, -0.25) is 4.79 Å². The van der Waals surface area contributed by atoms with Gasteiger partial charge in [-0.05, 0) is 19.3 Å². The molecule has 0 aromatic rings. The summed E-state index contributed by atoms with van der Waals surface area (Å²) in [7, 11) is 0. The first-order chi connectivity index (χ1) is 5.79. The van der Waals surface area contributed by atoms with Crippen LogP contribution in [0.25, 0.3) is 0 Å². The maximum Gasteiger partial charge on any atom is 0.162 e. The molecule has 0 aromatic carbocycles. The molecule has 1 aliphatic carbocycles. The van der Waals surface area contributed by atoms with Gasteiger partial charge in [0.15, 0.2) is 5.78 Å². The van der Waals surface area contributed by atoms with Crippen LogP contribution in [-0.4, -0.2) is 5.78 Å². The van der Waals surface area contributed by atoms with Gasteiger partial charge in [-0.2, -0.15) is 0 Å². The van der Waals surface area contributed by atoms with Crippen LogP contribution in [0.1, 0.15) is 39.5 Å². The fraction of sp³-hybridized carbons (Fsp3) is 0.545. The zero-order chi connectivity index (χ0) is 8.97. The standard InChI is InChI=1S/C11H16O/c1-3-9-7-5-6-8-10(9)11(12)4-2/h6,8H,3-5,7H2,1-2H3. The number of carbonyl (C=O) groups is 1. The summed E-state index contributed by atoms with van der Waals surface area (Å²) in [6.45, 7) is 4.04. The van der Waals surface area contributed by atoms with E-state index >= 15 is 0 Å². The molecule has 0 aromatic heterocycles. The lowest BCUT2D eigenvalue weighted by Crippen LogP contribution is -2.04. The van der Waals surface area contributed by atoms with Crippen LogP contribution >= 0.6 is 0 Å². The van der Waals surface area contributed by atoms with Crippen LogP contribution in [0, 0.1) is 0 Å². The zero-order valence-electron chi connectivity index (χ0n) is 7.89. The van der Waals surface area contributed by atoms with Crippen LogP contribution < -0.4 is 0 Å². The number of rotatable bonds is 3. The first kappa shape index (κ1) is 9.24. The van der Waals surface area contributed by atoms with Gasteiger partial charge < -0.3 is 0 Å². The fourth-order valence-electron chi connectivity index (χ4n) is 1.56. The van der Waals surface area contributed by atoms with Crippen molar-refractivity contribution in [1.82, 2.24) is 0 Å². The van der Waals surface area contributed by atoms with Crippen molar-refractivity contribution in [3.63, 3.8) is 0 Å². The minimum Gasteiger partial charge on any atom is -0.294 e. The fourth-order valence-corrected chi connectivity index (χ4v) is 1.56. The highest BCUT2D eigenvalue weighted by Gasteiger charge is 2.11. The van der Waals surface area contributed by atoms with Crippen LogP contribution in [0.15, 0.2) is 23.3 Å². The Morgan fingerprint density at radius 3 is 2.83 bits per heavy atom. The highest BCUT2D eigenvalue weighted by molar-refractivity contribution is 5.98. The number of carbonyl (C=O) groups excluding carboxylic acids is 1. The Hall–Kier alpha value is -0.850. The van der Waals surface area contributed by atoms with E-state index in [-0.39, 0.29) is 0 Å². The smallest absolute Gasteiger partial charge is 0.162 e. The lowest BCUT2D eigenvalue weighted by molar-refractivity contribution is -0.115. The first-order valence-electron chi connectivity index (χ1n) is 4.71. The lowest BCUT2D eigenvalue weighted by atomic mass is 9.92. The molecule has 1 rings (SSSR count). The van der Waals surface area contributed by atoms with E-state index in [1.165, 1.54) is 5.57 Å². The molecule has 0 bridgehead atoms. The summed E-state index contributed by atoms with van der Waals surface area (Å²) in [5, 5.41) is 0. The first-order valence-corrected chi connectivity index (χ1v) is 4.71. The highest BCUT2D eigenvalue weighted by atomic mass is 16.1. The van der Waals surface area contributed by atoms with Gasteiger partial charge in [0, 0.05) is 12.0 Å². The van der Waals surface area contributed by atoms with Gasteiger partial charge in [0.25, 0.3) is 0 Å². The summed E-state index contributed by atoms with van der Waals surface area (Å²) in [6, 6.07) is 0. The Balaban J connectivity index is 2.88. The van der Waals surface area contributed by atoms with Gasteiger partial charge in [-0.15, -0.1) is 0 Å². The Labute approximate surface area is 74.2 Å². The van der Waals surface area contributed by atoms with E-state index < -0.39 is 0 Å². The molecule has 0 saturated carbocycles. The molecule has 1 aliphatic rings. The third kappa shape index (κ3) is 1.84. The molecule has 0 radical (unpaired) electrons. The molecule has 66 valence electrons. The van der Waals surface area contributed by atoms with Crippen LogP contribution in [0.5, 0.6) is 0 Å². The average molecular weight is 164 g/mol. The molecular formula is C11H16O. The second-order valence-electron chi connectivity index (χ2n) is 3.09. The van der Waals surface area contributed by atoms with Crippen molar-refractivity contribution < 1.29 is 4.79 Å². The number of Topliss-reactive ketones (excluding diaryl/α,β-unsaturated/α-hetero) is 1. The van der Waals surface area contributed by atoms with E-state index in [0.29, 0.717) is 12.2 Å². The molecule has 0 fully saturated rings. The Morgan fingerprint density at radius 2 is 2.25 bits per heavy atom. The van der Waals surface area contributed by atoms with Crippen molar-refractivity contribution in [3.05, 3.63) is 23.3 Å². The number of allylic oxidation sites excluding steroid dienone is 4. The molecular weight excluding hydrogens is 148 g/mol. The second kappa shape index (κ2) is 4.24. The molecule has 0 amide bonds. The van der Waals surface area contributed by atoms with Crippen LogP contribution in [0.4, 0.5) is 0 Å². The van der Waals surface area contributed by atoms with Crippen LogP contribution in [0.2, 0.25) is 0 Å². The zero-order valence-corrected chi connectivity index (χ0v) is 7.89. The predicted molar refractivity (Wildman–Crippen MR) is 51.0 cm³/mol. The van der Waals surface area contributed by atoms with E-state index in [9.17, 15) is 4.79 Å². The molecule has 0 heterocycles. The van der Waals surface area contributed by atoms with Gasteiger partial charge in [-0.1, -0.05) is 31.6 Å². The second-order valence-corrected chi connectivity index (χ2v) is 3.09. The Kier molecular flexibility index (Phi) is 3.27. The average Bonchev–Trinajstić information content (AvgIpc) is 2.16. The number of ketones is 1. The summed E-state index contributed by atoms with van der Waals surface area (Å²) >= 11 is 0. The van der Waals surface area contributed by atoms with E-state index in [0.717, 1.165) is 24.8 Å². The maximum absolute atomic E-state index is 11.4. The van der Waals surface area contributed by atoms with Crippen molar-refractivity contribution in [3.8, 4) is 0 Å². The quantitative estimate of drug-likeness (QED) is 0.626. The van der Waals surface area contributed by atoms with E-state index in [1.807, 2.05) is 13.0 Å². The molecule has 12 heavy (non-hydrogen) atoms. The van der Waals surface area contributed by atoms with E-state index in [1.54, 1.807) is 0 Å². The third-order valence-electron chi connectivity index (χ3n) is 2.33. The van der Waals surface area contributed by atoms with Crippen molar-refractivity contribution in [1.29, 1.82) is 0 Å². The molecule has 0 spiro atoms. The van der Waals surface area contributed by atoms with Gasteiger partial charge in [0.05, 0.1) is 0 Å². The molecule has 0 unspecified atom stereocenters. The highest BCUT2D eigenvalue weighted by Crippen LogP contribution is 2.22. The van der Waals surface area contributed by atoms with Gasteiger partial charge in [0.2, 0.25) is 0 Å². The third-order valence-corrected chi connectivity index (χ3v) is 2.33. The van der Waals surface area contributed by atoms with Crippen LogP contribution in [0.3, 0.4) is 0 Å². The Bertz CT molecular complexity index is 233. The molecule has 0 aliphatic heterocycles. The molecule has 1 heteroatoms. The molecule has 1 nitrogen and oxygen atoms in total. The lowest BCUT2D eigenvalue weighted by Gasteiger charge is -2.12. The van der Waals surface area contributed by atoms with Crippen molar-refractivity contribution in [2.75, 3.05) is 0 Å². The molecule has 0 saturated heterocycles. The largest absolute Gasteiger partial charge is 0.294 e. The minimum absolute atomic E-state index is 0.294. The van der Waals surface area contributed by atoms with Gasteiger partial charge in [-0.25, -0.2) is 0 Å². The summed E-state index contributed by atoms with van der Waals surface area (Å²) < 4.78 is 0. The SMILES string of the molecule is CCC(=O)C1=C(CC)CCC=C1. The topological polar surface area (TPSA) is 17.1 Å². The van der Waals surface area contributed by atoms with Crippen molar-refractivity contribution in [2.24, 2.45) is 0 Å². The van der Waals surface area contributed by atoms with Gasteiger partial charge in [0.1, 0.15) is 0 Å². The molecule has 0 N–H and O–H groups in total. The minimum atomic E-state index is 0.294. The van der Waals surface area contributed by atoms with Crippen molar-refractivity contribution in [2.45, 2.75) is 39.5 Å². The van der Waals surface area contributed by atoms with Gasteiger partial charge >= 0.3 is 0 Å². The van der Waals surface area contributed by atoms with Crippen LogP contribution in [-0.2, 0) is 4.79 Å². The van der Waals surface area contributed by atoms with E-state index in [4.69, 9.17) is 0 Å². The molecule has 0 atom stereocenters. The normalized spacial score (nSPS) is 16.8. The summed E-state index contributed by atoms with van der Waals surface area (Å²) in [6.07, 6.45) is 7.92. The number of hydrogen-bond acceptors (Lipinski definition) is 1. The summed E-state index contributed by atoms with van der Waals surface area (Å²) in [5.74, 6) is 0.294. The van der Waals surface area contributed by atoms with Crippen molar-refractivity contribution >= 4 is 5.78 Å². The monoisotopic (exact) mass is 164 g/mol.